The van der Waals surface area contributed by atoms with Crippen LogP contribution < -0.4 is 0 Å². The molecule has 3 heteroatoms. The molecule has 1 unspecified atom stereocenters. The Hall–Kier alpha value is -0.120. The molecule has 1 fully saturated rings. The zero-order valence-electron chi connectivity index (χ0n) is 9.95. The lowest BCUT2D eigenvalue weighted by Crippen LogP contribution is -2.41. The van der Waals surface area contributed by atoms with Crippen LogP contribution in [0.15, 0.2) is 0 Å². The lowest BCUT2D eigenvalue weighted by molar-refractivity contribution is 0.0629. The van der Waals surface area contributed by atoms with Gasteiger partial charge in [-0.1, -0.05) is 13.3 Å². The van der Waals surface area contributed by atoms with Gasteiger partial charge in [0, 0.05) is 25.8 Å². The maximum Gasteiger partial charge on any atom is 0.0593 e. The smallest absolute Gasteiger partial charge is 0.0593 e. The fourth-order valence-electron chi connectivity index (χ4n) is 2.26. The van der Waals surface area contributed by atoms with Gasteiger partial charge in [0.1, 0.15) is 0 Å². The van der Waals surface area contributed by atoms with Crippen molar-refractivity contribution in [3.05, 3.63) is 0 Å². The highest BCUT2D eigenvalue weighted by Gasteiger charge is 2.20. The third-order valence-electron chi connectivity index (χ3n) is 3.08. The van der Waals surface area contributed by atoms with Crippen LogP contribution in [0.5, 0.6) is 0 Å². The van der Waals surface area contributed by atoms with Crippen LogP contribution in [0.3, 0.4) is 0 Å². The summed E-state index contributed by atoms with van der Waals surface area (Å²) in [6.07, 6.45) is 5.88. The van der Waals surface area contributed by atoms with Crippen LogP contribution in [0.1, 0.15) is 39.0 Å². The second kappa shape index (κ2) is 8.08. The summed E-state index contributed by atoms with van der Waals surface area (Å²) in [5, 5.41) is 8.99. The first-order valence-electron chi connectivity index (χ1n) is 6.31. The van der Waals surface area contributed by atoms with E-state index in [-0.39, 0.29) is 0 Å². The van der Waals surface area contributed by atoms with Gasteiger partial charge in [-0.05, 0) is 32.2 Å². The maximum atomic E-state index is 8.99. The van der Waals surface area contributed by atoms with E-state index >= 15 is 0 Å². The Bertz CT molecular complexity index is 151. The number of aliphatic hydroxyl groups is 1. The monoisotopic (exact) mass is 215 g/mol. The third kappa shape index (κ3) is 4.96. The predicted octanol–water partition coefficient (Wildman–Crippen LogP) is 1.65. The van der Waals surface area contributed by atoms with Crippen molar-refractivity contribution in [1.29, 1.82) is 0 Å². The van der Waals surface area contributed by atoms with E-state index in [9.17, 15) is 0 Å². The van der Waals surface area contributed by atoms with E-state index < -0.39 is 0 Å². The number of likely N-dealkylation sites (tertiary alicyclic amines) is 1. The number of hydrogen-bond donors (Lipinski definition) is 1. The number of hydrogen-bond acceptors (Lipinski definition) is 3. The van der Waals surface area contributed by atoms with Crippen LogP contribution in [0.4, 0.5) is 0 Å². The van der Waals surface area contributed by atoms with Crippen molar-refractivity contribution in [2.75, 3.05) is 32.9 Å². The van der Waals surface area contributed by atoms with Crippen molar-refractivity contribution in [2.24, 2.45) is 0 Å². The highest BCUT2D eigenvalue weighted by molar-refractivity contribution is 4.76. The lowest BCUT2D eigenvalue weighted by atomic mass is 10.00. The highest BCUT2D eigenvalue weighted by atomic mass is 16.5. The van der Waals surface area contributed by atoms with E-state index in [4.69, 9.17) is 9.84 Å². The van der Waals surface area contributed by atoms with Crippen LogP contribution in [0.25, 0.3) is 0 Å². The van der Waals surface area contributed by atoms with E-state index in [2.05, 4.69) is 11.8 Å². The van der Waals surface area contributed by atoms with Crippen molar-refractivity contribution >= 4 is 0 Å². The zero-order valence-corrected chi connectivity index (χ0v) is 9.95. The second-order valence-electron chi connectivity index (χ2n) is 4.31. The highest BCUT2D eigenvalue weighted by Crippen LogP contribution is 2.18. The van der Waals surface area contributed by atoms with Gasteiger partial charge in [-0.25, -0.2) is 0 Å². The van der Waals surface area contributed by atoms with Crippen molar-refractivity contribution in [2.45, 2.75) is 45.1 Å². The fourth-order valence-corrected chi connectivity index (χ4v) is 2.26. The number of aliphatic hydroxyl groups excluding tert-OH is 1. The molecule has 0 aliphatic carbocycles. The fraction of sp³-hybridized carbons (Fsp3) is 1.00. The van der Waals surface area contributed by atoms with Gasteiger partial charge in [-0.2, -0.15) is 0 Å². The van der Waals surface area contributed by atoms with Crippen molar-refractivity contribution in [3.8, 4) is 0 Å². The molecule has 1 N–H and O–H groups in total. The van der Waals surface area contributed by atoms with Crippen molar-refractivity contribution in [3.63, 3.8) is 0 Å². The minimum absolute atomic E-state index is 0.316. The molecule has 0 aromatic heterocycles. The van der Waals surface area contributed by atoms with Crippen molar-refractivity contribution < 1.29 is 9.84 Å². The van der Waals surface area contributed by atoms with Crippen molar-refractivity contribution in [1.82, 2.24) is 4.90 Å². The molecule has 15 heavy (non-hydrogen) atoms. The van der Waals surface area contributed by atoms with Gasteiger partial charge in [-0.3, -0.25) is 4.90 Å². The third-order valence-corrected chi connectivity index (χ3v) is 3.08. The molecule has 1 atom stereocenters. The Morgan fingerprint density at radius 1 is 1.33 bits per heavy atom. The maximum absolute atomic E-state index is 8.99. The minimum Gasteiger partial charge on any atom is -0.396 e. The quantitative estimate of drug-likeness (QED) is 0.655. The molecule has 1 rings (SSSR count). The van der Waals surface area contributed by atoms with Crippen LogP contribution in [-0.2, 0) is 4.74 Å². The van der Waals surface area contributed by atoms with Gasteiger partial charge in [0.05, 0.1) is 6.61 Å². The molecule has 0 saturated carbocycles. The molecule has 1 aliphatic rings. The first-order chi connectivity index (χ1) is 7.38. The lowest BCUT2D eigenvalue weighted by Gasteiger charge is -2.35. The molecule has 1 heterocycles. The van der Waals surface area contributed by atoms with E-state index in [1.807, 2.05) is 0 Å². The summed E-state index contributed by atoms with van der Waals surface area (Å²) in [6.45, 7) is 6.38. The Kier molecular flexibility index (Phi) is 6.98. The van der Waals surface area contributed by atoms with Crippen LogP contribution in [0.2, 0.25) is 0 Å². The van der Waals surface area contributed by atoms with E-state index in [1.54, 1.807) is 0 Å². The normalized spacial score (nSPS) is 23.2. The summed E-state index contributed by atoms with van der Waals surface area (Å²) >= 11 is 0. The Labute approximate surface area is 93.4 Å². The van der Waals surface area contributed by atoms with Crippen LogP contribution in [-0.4, -0.2) is 49.0 Å². The number of piperidine rings is 1. The molecule has 0 radical (unpaired) electrons. The summed E-state index contributed by atoms with van der Waals surface area (Å²) in [5.41, 5.74) is 0. The molecule has 1 aliphatic heterocycles. The number of nitrogens with zero attached hydrogens (tertiary/aromatic N) is 1. The number of rotatable bonds is 7. The molecule has 1 saturated heterocycles. The van der Waals surface area contributed by atoms with Gasteiger partial charge in [-0.15, -0.1) is 0 Å². The summed E-state index contributed by atoms with van der Waals surface area (Å²) in [4.78, 5) is 2.48. The predicted molar refractivity (Wildman–Crippen MR) is 62.0 cm³/mol. The first-order valence-corrected chi connectivity index (χ1v) is 6.31. The van der Waals surface area contributed by atoms with Gasteiger partial charge in [0.25, 0.3) is 0 Å². The first kappa shape index (κ1) is 12.9. The SMILES string of the molecule is CCCOCCN1CCCCC1CCO. The average molecular weight is 215 g/mol. The summed E-state index contributed by atoms with van der Waals surface area (Å²) in [5.74, 6) is 0. The average Bonchev–Trinajstić information content (AvgIpc) is 2.27. The molecular weight excluding hydrogens is 190 g/mol. The molecular formula is C12H25NO2. The van der Waals surface area contributed by atoms with Gasteiger partial charge < -0.3 is 9.84 Å². The van der Waals surface area contributed by atoms with E-state index in [1.165, 1.54) is 25.8 Å². The molecule has 0 aromatic carbocycles. The summed E-state index contributed by atoms with van der Waals surface area (Å²) < 4.78 is 5.51. The Balaban J connectivity index is 2.17. The van der Waals surface area contributed by atoms with E-state index in [0.717, 1.165) is 32.6 Å². The standard InChI is InChI=1S/C12H25NO2/c1-2-10-15-11-8-13-7-4-3-5-12(13)6-9-14/h12,14H,2-11H2,1H3. The largest absolute Gasteiger partial charge is 0.396 e. The van der Waals surface area contributed by atoms with Gasteiger partial charge in [0.15, 0.2) is 0 Å². The van der Waals surface area contributed by atoms with Gasteiger partial charge in [0.2, 0.25) is 0 Å². The Morgan fingerprint density at radius 3 is 2.93 bits per heavy atom. The summed E-state index contributed by atoms with van der Waals surface area (Å²) in [7, 11) is 0. The molecule has 0 aromatic rings. The van der Waals surface area contributed by atoms with E-state index in [0.29, 0.717) is 12.6 Å². The number of ether oxygens (including phenoxy) is 1. The van der Waals surface area contributed by atoms with Gasteiger partial charge >= 0.3 is 0 Å². The molecule has 3 nitrogen and oxygen atoms in total. The molecule has 0 bridgehead atoms. The molecule has 0 spiro atoms. The Morgan fingerprint density at radius 2 is 2.20 bits per heavy atom. The topological polar surface area (TPSA) is 32.7 Å². The minimum atomic E-state index is 0.316. The second-order valence-corrected chi connectivity index (χ2v) is 4.31. The van der Waals surface area contributed by atoms with Crippen LogP contribution in [0, 0.1) is 0 Å². The molecule has 0 amide bonds. The van der Waals surface area contributed by atoms with Crippen LogP contribution >= 0.6 is 0 Å². The molecule has 90 valence electrons. The summed E-state index contributed by atoms with van der Waals surface area (Å²) in [6, 6.07) is 0.592. The zero-order chi connectivity index (χ0) is 10.9.